The fraction of sp³-hybridized carbons (Fsp3) is 0.176. The molecule has 0 heterocycles. The predicted molar refractivity (Wildman–Crippen MR) is 103 cm³/mol. The van der Waals surface area contributed by atoms with Crippen molar-refractivity contribution in [3.05, 3.63) is 57.0 Å². The van der Waals surface area contributed by atoms with Gasteiger partial charge in [-0.05, 0) is 49.6 Å². The Labute approximate surface area is 164 Å². The van der Waals surface area contributed by atoms with Crippen LogP contribution in [0.3, 0.4) is 0 Å². The molecule has 0 aliphatic carbocycles. The number of ether oxygens (including phenoxy) is 1. The van der Waals surface area contributed by atoms with Gasteiger partial charge in [0.15, 0.2) is 6.10 Å². The summed E-state index contributed by atoms with van der Waals surface area (Å²) >= 11 is 19.3. The maximum Gasteiger partial charge on any atom is 0.340 e. The molecule has 0 radical (unpaired) electrons. The fourth-order valence-electron chi connectivity index (χ4n) is 1.89. The topological polar surface area (TPSA) is 55.4 Å². The fourth-order valence-corrected chi connectivity index (χ4v) is 2.98. The highest BCUT2D eigenvalue weighted by atomic mass is 35.5. The number of hydrogen-bond acceptors (Lipinski definition) is 4. The molecule has 2 aromatic carbocycles. The molecule has 1 amide bonds. The maximum absolute atomic E-state index is 12.3. The van der Waals surface area contributed by atoms with Crippen LogP contribution in [0.15, 0.2) is 41.3 Å². The highest BCUT2D eigenvalue weighted by molar-refractivity contribution is 7.98. The molecule has 0 saturated carbocycles. The molecule has 8 heteroatoms. The number of nitrogens with one attached hydrogen (secondary N) is 1. The van der Waals surface area contributed by atoms with E-state index in [4.69, 9.17) is 39.5 Å². The molecule has 4 nitrogen and oxygen atoms in total. The molecule has 132 valence electrons. The van der Waals surface area contributed by atoms with Gasteiger partial charge in [-0.1, -0.05) is 34.8 Å². The van der Waals surface area contributed by atoms with E-state index in [-0.39, 0.29) is 15.6 Å². The van der Waals surface area contributed by atoms with Gasteiger partial charge in [-0.2, -0.15) is 0 Å². The Hall–Kier alpha value is -1.40. The Bertz CT molecular complexity index is 814. The molecule has 0 bridgehead atoms. The highest BCUT2D eigenvalue weighted by Crippen LogP contribution is 2.26. The maximum atomic E-state index is 12.3. The lowest BCUT2D eigenvalue weighted by Gasteiger charge is -2.15. The molecule has 0 saturated heterocycles. The van der Waals surface area contributed by atoms with Crippen molar-refractivity contribution in [3.63, 3.8) is 0 Å². The van der Waals surface area contributed by atoms with Crippen LogP contribution in [0, 0.1) is 0 Å². The molecule has 0 aliphatic rings. The minimum Gasteiger partial charge on any atom is -0.449 e. The summed E-state index contributed by atoms with van der Waals surface area (Å²) in [5, 5.41) is 3.58. The van der Waals surface area contributed by atoms with Gasteiger partial charge < -0.3 is 10.1 Å². The number of carbonyl (C=O) groups excluding carboxylic acids is 2. The van der Waals surface area contributed by atoms with E-state index < -0.39 is 18.0 Å². The molecule has 0 aliphatic heterocycles. The number of benzene rings is 2. The van der Waals surface area contributed by atoms with Crippen LogP contribution in [-0.2, 0) is 9.53 Å². The average Bonchev–Trinajstić information content (AvgIpc) is 2.57. The normalized spacial score (nSPS) is 11.7. The van der Waals surface area contributed by atoms with E-state index in [1.54, 1.807) is 30.3 Å². The molecule has 25 heavy (non-hydrogen) atoms. The monoisotopic (exact) mass is 417 g/mol. The summed E-state index contributed by atoms with van der Waals surface area (Å²) in [5.74, 6) is -1.19. The van der Waals surface area contributed by atoms with Crippen LogP contribution in [0.2, 0.25) is 15.1 Å². The molecule has 0 aromatic heterocycles. The van der Waals surface area contributed by atoms with E-state index in [0.29, 0.717) is 10.7 Å². The van der Waals surface area contributed by atoms with Crippen LogP contribution in [0.5, 0.6) is 0 Å². The quantitative estimate of drug-likeness (QED) is 0.510. The van der Waals surface area contributed by atoms with E-state index in [9.17, 15) is 9.59 Å². The van der Waals surface area contributed by atoms with E-state index in [1.807, 2.05) is 6.26 Å². The Kier molecular flexibility index (Phi) is 7.02. The number of hydrogen-bond donors (Lipinski definition) is 1. The summed E-state index contributed by atoms with van der Waals surface area (Å²) in [7, 11) is 0. The third kappa shape index (κ3) is 5.28. The summed E-state index contributed by atoms with van der Waals surface area (Å²) in [6.07, 6.45) is 0.845. The molecule has 2 aromatic rings. The summed E-state index contributed by atoms with van der Waals surface area (Å²) in [6, 6.07) is 9.69. The predicted octanol–water partition coefficient (Wildman–Crippen LogP) is 5.55. The Morgan fingerprint density at radius 3 is 2.44 bits per heavy atom. The standard InChI is InChI=1S/C17H14Cl3NO3S/c1-9(16(22)21-15-6-3-10(18)7-14(15)20)24-17(23)12-8-11(25-2)4-5-13(12)19/h3-9H,1-2H3,(H,21,22). The highest BCUT2D eigenvalue weighted by Gasteiger charge is 2.21. The van der Waals surface area contributed by atoms with Gasteiger partial charge in [-0.15, -0.1) is 11.8 Å². The van der Waals surface area contributed by atoms with Gasteiger partial charge in [-0.25, -0.2) is 4.79 Å². The number of anilines is 1. The second-order valence-electron chi connectivity index (χ2n) is 5.01. The molecule has 1 unspecified atom stereocenters. The van der Waals surface area contributed by atoms with Crippen molar-refractivity contribution >= 4 is 64.1 Å². The Balaban J connectivity index is 2.06. The van der Waals surface area contributed by atoms with E-state index in [2.05, 4.69) is 5.32 Å². The van der Waals surface area contributed by atoms with Gasteiger partial charge in [0.05, 0.1) is 21.3 Å². The first-order valence-corrected chi connectivity index (χ1v) is 9.48. The Morgan fingerprint density at radius 1 is 1.08 bits per heavy atom. The smallest absolute Gasteiger partial charge is 0.340 e. The third-order valence-electron chi connectivity index (χ3n) is 3.24. The van der Waals surface area contributed by atoms with Crippen molar-refractivity contribution in [1.82, 2.24) is 0 Å². The molecule has 0 fully saturated rings. The van der Waals surface area contributed by atoms with Crippen molar-refractivity contribution in [2.45, 2.75) is 17.9 Å². The number of esters is 1. The molecule has 1 N–H and O–H groups in total. The zero-order valence-electron chi connectivity index (χ0n) is 13.3. The number of rotatable bonds is 5. The van der Waals surface area contributed by atoms with Crippen LogP contribution in [-0.4, -0.2) is 24.2 Å². The van der Waals surface area contributed by atoms with Crippen molar-refractivity contribution in [1.29, 1.82) is 0 Å². The van der Waals surface area contributed by atoms with E-state index in [1.165, 1.54) is 24.8 Å². The van der Waals surface area contributed by atoms with Crippen LogP contribution >= 0.6 is 46.6 Å². The van der Waals surface area contributed by atoms with Crippen molar-refractivity contribution < 1.29 is 14.3 Å². The number of amides is 1. The minimum absolute atomic E-state index is 0.206. The SMILES string of the molecule is CSc1ccc(Cl)c(C(=O)OC(C)C(=O)Nc2ccc(Cl)cc2Cl)c1. The van der Waals surface area contributed by atoms with Gasteiger partial charge in [-0.3, -0.25) is 4.79 Å². The van der Waals surface area contributed by atoms with E-state index in [0.717, 1.165) is 4.90 Å². The summed E-state index contributed by atoms with van der Waals surface area (Å²) in [4.78, 5) is 25.3. The van der Waals surface area contributed by atoms with Crippen molar-refractivity contribution in [3.8, 4) is 0 Å². The summed E-state index contributed by atoms with van der Waals surface area (Å²) in [6.45, 7) is 1.46. The van der Waals surface area contributed by atoms with Crippen LogP contribution < -0.4 is 5.32 Å². The summed E-state index contributed by atoms with van der Waals surface area (Å²) < 4.78 is 5.20. The first kappa shape index (κ1) is 19.9. The third-order valence-corrected chi connectivity index (χ3v) is 4.84. The van der Waals surface area contributed by atoms with Crippen molar-refractivity contribution in [2.24, 2.45) is 0 Å². The lowest BCUT2D eigenvalue weighted by molar-refractivity contribution is -0.123. The van der Waals surface area contributed by atoms with Gasteiger partial charge in [0.25, 0.3) is 5.91 Å². The molecular weight excluding hydrogens is 405 g/mol. The summed E-state index contributed by atoms with van der Waals surface area (Å²) in [5.41, 5.74) is 0.582. The first-order chi connectivity index (χ1) is 11.8. The van der Waals surface area contributed by atoms with Crippen molar-refractivity contribution in [2.75, 3.05) is 11.6 Å². The first-order valence-electron chi connectivity index (χ1n) is 7.12. The lowest BCUT2D eigenvalue weighted by atomic mass is 10.2. The Morgan fingerprint density at radius 2 is 1.80 bits per heavy atom. The number of carbonyl (C=O) groups is 2. The molecule has 2 rings (SSSR count). The minimum atomic E-state index is -1.03. The number of thioether (sulfide) groups is 1. The molecule has 0 spiro atoms. The molecular formula is C17H14Cl3NO3S. The van der Waals surface area contributed by atoms with Crippen LogP contribution in [0.4, 0.5) is 5.69 Å². The zero-order chi connectivity index (χ0) is 18.6. The van der Waals surface area contributed by atoms with Gasteiger partial charge in [0.2, 0.25) is 0 Å². The second kappa shape index (κ2) is 8.81. The number of halogens is 3. The van der Waals surface area contributed by atoms with E-state index >= 15 is 0 Å². The second-order valence-corrected chi connectivity index (χ2v) is 7.14. The van der Waals surface area contributed by atoms with Crippen LogP contribution in [0.25, 0.3) is 0 Å². The van der Waals surface area contributed by atoms with Gasteiger partial charge >= 0.3 is 5.97 Å². The van der Waals surface area contributed by atoms with Gasteiger partial charge in [0, 0.05) is 9.92 Å². The van der Waals surface area contributed by atoms with Gasteiger partial charge in [0.1, 0.15) is 0 Å². The largest absolute Gasteiger partial charge is 0.449 e. The zero-order valence-corrected chi connectivity index (χ0v) is 16.4. The molecule has 1 atom stereocenters. The lowest BCUT2D eigenvalue weighted by Crippen LogP contribution is -2.30. The average molecular weight is 419 g/mol. The van der Waals surface area contributed by atoms with Crippen LogP contribution in [0.1, 0.15) is 17.3 Å².